The van der Waals surface area contributed by atoms with E-state index in [1.54, 1.807) is 0 Å². The van der Waals surface area contributed by atoms with Gasteiger partial charge < -0.3 is 5.32 Å². The fourth-order valence-corrected chi connectivity index (χ4v) is 2.92. The molecule has 0 aromatic heterocycles. The lowest BCUT2D eigenvalue weighted by atomic mass is 9.85. The first kappa shape index (κ1) is 12.9. The summed E-state index contributed by atoms with van der Waals surface area (Å²) >= 11 is 0. The molecule has 1 N–H and O–H groups in total. The van der Waals surface area contributed by atoms with E-state index < -0.39 is 0 Å². The number of hydrogen-bond donors (Lipinski definition) is 1. The Labute approximate surface area is 119 Å². The minimum atomic E-state index is 0.0343. The fourth-order valence-electron chi connectivity index (χ4n) is 2.92. The van der Waals surface area contributed by atoms with Crippen molar-refractivity contribution in [1.29, 1.82) is 0 Å². The molecule has 0 saturated heterocycles. The van der Waals surface area contributed by atoms with Crippen LogP contribution in [0.25, 0.3) is 0 Å². The number of rotatable bonds is 3. The highest BCUT2D eigenvalue weighted by Crippen LogP contribution is 2.32. The Hall–Kier alpha value is -2.09. The Balaban J connectivity index is 1.84. The molecule has 0 amide bonds. The summed E-state index contributed by atoms with van der Waals surface area (Å²) in [5, 5.41) is 3.37. The molecule has 0 saturated carbocycles. The van der Waals surface area contributed by atoms with Crippen LogP contribution in [-0.4, -0.2) is 12.3 Å². The number of anilines is 1. The number of carbonyl (C=O) groups excluding carboxylic acids is 1. The fraction of sp³-hybridized carbons (Fsp3) is 0.278. The summed E-state index contributed by atoms with van der Waals surface area (Å²) < 4.78 is 0. The topological polar surface area (TPSA) is 29.1 Å². The summed E-state index contributed by atoms with van der Waals surface area (Å²) in [5.74, 6) is 0.361. The van der Waals surface area contributed by atoms with Crippen LogP contribution in [0.1, 0.15) is 29.0 Å². The number of Topliss-reactive ketones (excluding diaryl/α,β-unsaturated/α-hetero) is 1. The van der Waals surface area contributed by atoms with E-state index in [1.807, 2.05) is 24.3 Å². The van der Waals surface area contributed by atoms with Crippen molar-refractivity contribution >= 4 is 11.5 Å². The third-order valence-electron chi connectivity index (χ3n) is 4.10. The number of ketones is 1. The van der Waals surface area contributed by atoms with Gasteiger partial charge in [-0.3, -0.25) is 4.79 Å². The quantitative estimate of drug-likeness (QED) is 0.916. The summed E-state index contributed by atoms with van der Waals surface area (Å²) in [4.78, 5) is 12.7. The molecule has 0 aliphatic carbocycles. The predicted molar refractivity (Wildman–Crippen MR) is 82.2 cm³/mol. The van der Waals surface area contributed by atoms with E-state index in [1.165, 1.54) is 5.56 Å². The van der Waals surface area contributed by atoms with Crippen molar-refractivity contribution in [3.05, 3.63) is 65.2 Å². The van der Waals surface area contributed by atoms with E-state index in [4.69, 9.17) is 0 Å². The number of nitrogens with one attached hydrogen (secondary N) is 1. The molecule has 2 nitrogen and oxygen atoms in total. The standard InChI is InChI=1S/C18H19NO/c1-13-6-2-3-7-14(13)12-18(20)16-10-11-19-17-9-5-4-8-15(16)17/h2-9,16,19H,10-12H2,1H3. The first-order valence-corrected chi connectivity index (χ1v) is 7.16. The van der Waals surface area contributed by atoms with Crippen molar-refractivity contribution in [2.24, 2.45) is 0 Å². The molecule has 3 rings (SSSR count). The smallest absolute Gasteiger partial charge is 0.144 e. The van der Waals surface area contributed by atoms with Gasteiger partial charge in [0.05, 0.1) is 0 Å². The van der Waals surface area contributed by atoms with E-state index in [0.717, 1.165) is 29.8 Å². The van der Waals surface area contributed by atoms with Gasteiger partial charge in [-0.2, -0.15) is 0 Å². The van der Waals surface area contributed by atoms with Crippen molar-refractivity contribution in [2.45, 2.75) is 25.7 Å². The number of para-hydroxylation sites is 1. The van der Waals surface area contributed by atoms with Crippen LogP contribution in [0.2, 0.25) is 0 Å². The average Bonchev–Trinajstić information content (AvgIpc) is 2.49. The normalized spacial score (nSPS) is 17.1. The molecule has 102 valence electrons. The van der Waals surface area contributed by atoms with Crippen molar-refractivity contribution in [2.75, 3.05) is 11.9 Å². The number of hydrogen-bond acceptors (Lipinski definition) is 2. The van der Waals surface area contributed by atoms with Crippen LogP contribution in [0.15, 0.2) is 48.5 Å². The predicted octanol–water partition coefficient (Wildman–Crippen LogP) is 3.71. The Morgan fingerprint density at radius 3 is 2.75 bits per heavy atom. The summed E-state index contributed by atoms with van der Waals surface area (Å²) in [6, 6.07) is 16.3. The van der Waals surface area contributed by atoms with Gasteiger partial charge in [-0.05, 0) is 36.1 Å². The van der Waals surface area contributed by atoms with Gasteiger partial charge in [0.2, 0.25) is 0 Å². The van der Waals surface area contributed by atoms with Crippen LogP contribution in [0.4, 0.5) is 5.69 Å². The van der Waals surface area contributed by atoms with E-state index in [-0.39, 0.29) is 5.92 Å². The minimum Gasteiger partial charge on any atom is -0.385 e. The monoisotopic (exact) mass is 265 g/mol. The van der Waals surface area contributed by atoms with E-state index in [2.05, 4.69) is 36.5 Å². The van der Waals surface area contributed by atoms with Crippen LogP contribution in [-0.2, 0) is 11.2 Å². The zero-order valence-corrected chi connectivity index (χ0v) is 11.7. The molecule has 1 atom stereocenters. The zero-order chi connectivity index (χ0) is 13.9. The number of aryl methyl sites for hydroxylation is 1. The zero-order valence-electron chi connectivity index (χ0n) is 11.7. The van der Waals surface area contributed by atoms with Crippen LogP contribution in [0.5, 0.6) is 0 Å². The van der Waals surface area contributed by atoms with Gasteiger partial charge in [0.15, 0.2) is 0 Å². The Morgan fingerprint density at radius 2 is 1.90 bits per heavy atom. The molecule has 0 radical (unpaired) electrons. The van der Waals surface area contributed by atoms with Gasteiger partial charge in [0, 0.05) is 24.6 Å². The van der Waals surface area contributed by atoms with E-state index in [0.29, 0.717) is 12.2 Å². The molecule has 0 bridgehead atoms. The number of fused-ring (bicyclic) bond motifs is 1. The van der Waals surface area contributed by atoms with Crippen molar-refractivity contribution < 1.29 is 4.79 Å². The van der Waals surface area contributed by atoms with Crippen LogP contribution in [0.3, 0.4) is 0 Å². The van der Waals surface area contributed by atoms with Crippen LogP contribution >= 0.6 is 0 Å². The highest BCUT2D eigenvalue weighted by atomic mass is 16.1. The molecule has 1 heterocycles. The Kier molecular flexibility index (Phi) is 3.55. The van der Waals surface area contributed by atoms with E-state index in [9.17, 15) is 4.79 Å². The van der Waals surface area contributed by atoms with Gasteiger partial charge in [-0.15, -0.1) is 0 Å². The molecule has 1 aliphatic heterocycles. The lowest BCUT2D eigenvalue weighted by Gasteiger charge is -2.25. The highest BCUT2D eigenvalue weighted by molar-refractivity contribution is 5.90. The molecule has 0 spiro atoms. The summed E-state index contributed by atoms with van der Waals surface area (Å²) in [6.07, 6.45) is 1.42. The van der Waals surface area contributed by atoms with Crippen molar-refractivity contribution in [3.63, 3.8) is 0 Å². The lowest BCUT2D eigenvalue weighted by molar-refractivity contribution is -0.120. The Morgan fingerprint density at radius 1 is 1.15 bits per heavy atom. The van der Waals surface area contributed by atoms with E-state index >= 15 is 0 Å². The minimum absolute atomic E-state index is 0.0343. The molecular formula is C18H19NO. The second kappa shape index (κ2) is 5.49. The maximum absolute atomic E-state index is 12.7. The lowest BCUT2D eigenvalue weighted by Crippen LogP contribution is -2.24. The van der Waals surface area contributed by atoms with Crippen molar-refractivity contribution in [1.82, 2.24) is 0 Å². The summed E-state index contributed by atoms with van der Waals surface area (Å²) in [6.45, 7) is 2.94. The molecule has 2 heteroatoms. The second-order valence-electron chi connectivity index (χ2n) is 5.42. The molecule has 1 aliphatic rings. The molecule has 20 heavy (non-hydrogen) atoms. The molecule has 2 aromatic rings. The third-order valence-corrected chi connectivity index (χ3v) is 4.10. The van der Waals surface area contributed by atoms with Gasteiger partial charge >= 0.3 is 0 Å². The van der Waals surface area contributed by atoms with Crippen molar-refractivity contribution in [3.8, 4) is 0 Å². The Bertz CT molecular complexity index is 633. The first-order chi connectivity index (χ1) is 9.75. The van der Waals surface area contributed by atoms with Gasteiger partial charge in [0.1, 0.15) is 5.78 Å². The first-order valence-electron chi connectivity index (χ1n) is 7.16. The maximum atomic E-state index is 12.7. The number of benzene rings is 2. The molecule has 1 unspecified atom stereocenters. The SMILES string of the molecule is Cc1ccccc1CC(=O)C1CCNc2ccccc21. The van der Waals surface area contributed by atoms with Crippen LogP contribution in [0, 0.1) is 6.92 Å². The summed E-state index contributed by atoms with van der Waals surface area (Å²) in [7, 11) is 0. The average molecular weight is 265 g/mol. The number of carbonyl (C=O) groups is 1. The molecule has 0 fully saturated rings. The second-order valence-corrected chi connectivity index (χ2v) is 5.42. The highest BCUT2D eigenvalue weighted by Gasteiger charge is 2.26. The van der Waals surface area contributed by atoms with Crippen LogP contribution < -0.4 is 5.32 Å². The third kappa shape index (κ3) is 2.46. The molecular weight excluding hydrogens is 246 g/mol. The van der Waals surface area contributed by atoms with Gasteiger partial charge in [0.25, 0.3) is 0 Å². The largest absolute Gasteiger partial charge is 0.385 e. The maximum Gasteiger partial charge on any atom is 0.144 e. The molecule has 2 aromatic carbocycles. The van der Waals surface area contributed by atoms with Gasteiger partial charge in [-0.1, -0.05) is 42.5 Å². The van der Waals surface area contributed by atoms with Gasteiger partial charge in [-0.25, -0.2) is 0 Å². The summed E-state index contributed by atoms with van der Waals surface area (Å²) in [5.41, 5.74) is 4.61.